The summed E-state index contributed by atoms with van der Waals surface area (Å²) in [6.07, 6.45) is 2.10. The number of esters is 2. The van der Waals surface area contributed by atoms with E-state index < -0.39 is 35.2 Å². The first-order chi connectivity index (χ1) is 19.6. The second-order valence-electron chi connectivity index (χ2n) is 9.10. The number of rotatable bonds is 13. The SMILES string of the molecule is CCC=C(COC(=O)C1=C(CN=[N+]=[N-])CSC2C(NC(=O)C(=NOC)c3csc(N)n3)C(=O)N12)C(=O)OCC(C)C. The highest BCUT2D eigenvalue weighted by Gasteiger charge is 2.54. The summed E-state index contributed by atoms with van der Waals surface area (Å²) in [5.74, 6) is -2.45. The highest BCUT2D eigenvalue weighted by Crippen LogP contribution is 2.41. The number of carbonyl (C=O) groups excluding carboxylic acids is 4. The Labute approximate surface area is 243 Å². The van der Waals surface area contributed by atoms with E-state index in [9.17, 15) is 19.2 Å². The van der Waals surface area contributed by atoms with Crippen molar-refractivity contribution in [1.82, 2.24) is 15.2 Å². The Hall–Kier alpha value is -4.08. The maximum absolute atomic E-state index is 13.3. The van der Waals surface area contributed by atoms with Gasteiger partial charge in [-0.3, -0.25) is 14.5 Å². The van der Waals surface area contributed by atoms with Crippen molar-refractivity contribution in [2.75, 3.05) is 38.4 Å². The largest absolute Gasteiger partial charge is 0.462 e. The number of ether oxygens (including phenoxy) is 2. The van der Waals surface area contributed by atoms with Crippen molar-refractivity contribution < 1.29 is 33.5 Å². The molecule has 0 radical (unpaired) electrons. The monoisotopic (exact) mass is 606 g/mol. The lowest BCUT2D eigenvalue weighted by Gasteiger charge is -2.49. The number of oxime groups is 1. The summed E-state index contributed by atoms with van der Waals surface area (Å²) >= 11 is 2.37. The normalized spacial score (nSPS) is 18.8. The molecular weight excluding hydrogens is 576 g/mol. The van der Waals surface area contributed by atoms with E-state index in [-0.39, 0.29) is 59.2 Å². The van der Waals surface area contributed by atoms with Gasteiger partial charge in [-0.2, -0.15) is 0 Å². The van der Waals surface area contributed by atoms with E-state index in [1.807, 2.05) is 20.8 Å². The standard InChI is InChI=1S/C24H30N8O7S2/c1-5-6-13(22(35)38-8-12(2)3)9-39-23(36)18-14(7-27-31-26)10-40-21-17(20(34)32(18)21)29-19(33)16(30-37-4)15-11-41-24(25)28-15/h6,11-12,17,21H,5,7-10H2,1-4H3,(H2,25,28)(H,29,33). The van der Waals surface area contributed by atoms with Crippen molar-refractivity contribution in [3.8, 4) is 0 Å². The molecule has 1 aromatic heterocycles. The van der Waals surface area contributed by atoms with Gasteiger partial charge in [-0.05, 0) is 23.4 Å². The minimum atomic E-state index is -1.00. The highest BCUT2D eigenvalue weighted by atomic mass is 32.2. The number of thiazole rings is 1. The zero-order chi connectivity index (χ0) is 30.1. The van der Waals surface area contributed by atoms with Gasteiger partial charge < -0.3 is 25.4 Å². The van der Waals surface area contributed by atoms with Gasteiger partial charge in [-0.1, -0.05) is 37.1 Å². The maximum atomic E-state index is 13.3. The lowest BCUT2D eigenvalue weighted by Crippen LogP contribution is -2.71. The fourth-order valence-electron chi connectivity index (χ4n) is 3.81. The topological polar surface area (TPSA) is 211 Å². The fraction of sp³-hybridized carbons (Fsp3) is 0.500. The predicted octanol–water partition coefficient (Wildman–Crippen LogP) is 2.12. The van der Waals surface area contributed by atoms with Crippen LogP contribution in [0.5, 0.6) is 0 Å². The number of amides is 2. The molecule has 3 rings (SSSR count). The number of fused-ring (bicyclic) bond motifs is 1. The van der Waals surface area contributed by atoms with E-state index in [4.69, 9.17) is 25.6 Å². The Bertz CT molecular complexity index is 1330. The number of β-lactam (4-membered cyclic amide) rings is 1. The average molecular weight is 607 g/mol. The molecule has 3 N–H and O–H groups in total. The number of nitrogens with zero attached hydrogens (tertiary/aromatic N) is 6. The van der Waals surface area contributed by atoms with Crippen molar-refractivity contribution in [2.24, 2.45) is 16.2 Å². The summed E-state index contributed by atoms with van der Waals surface area (Å²) in [5, 5.41) is 11.0. The van der Waals surface area contributed by atoms with Crippen LogP contribution >= 0.6 is 23.1 Å². The Morgan fingerprint density at radius 2 is 2.12 bits per heavy atom. The molecule has 17 heteroatoms. The van der Waals surface area contributed by atoms with Crippen molar-refractivity contribution in [1.29, 1.82) is 0 Å². The van der Waals surface area contributed by atoms with Crippen LogP contribution in [0.2, 0.25) is 0 Å². The molecule has 220 valence electrons. The predicted molar refractivity (Wildman–Crippen MR) is 151 cm³/mol. The summed E-state index contributed by atoms with van der Waals surface area (Å²) in [5.41, 5.74) is 14.9. The van der Waals surface area contributed by atoms with Crippen molar-refractivity contribution in [3.05, 3.63) is 44.4 Å². The van der Waals surface area contributed by atoms with Gasteiger partial charge >= 0.3 is 11.9 Å². The van der Waals surface area contributed by atoms with Gasteiger partial charge in [0, 0.05) is 16.0 Å². The smallest absolute Gasteiger partial charge is 0.355 e. The highest BCUT2D eigenvalue weighted by molar-refractivity contribution is 8.00. The molecule has 0 spiro atoms. The van der Waals surface area contributed by atoms with Crippen molar-refractivity contribution in [2.45, 2.75) is 38.6 Å². The molecule has 1 aromatic rings. The molecular formula is C24H30N8O7S2. The molecule has 0 bridgehead atoms. The summed E-state index contributed by atoms with van der Waals surface area (Å²) in [6.45, 7) is 5.26. The molecule has 15 nitrogen and oxygen atoms in total. The second kappa shape index (κ2) is 14.5. The Kier molecular flexibility index (Phi) is 11.1. The first kappa shape index (κ1) is 31.4. The number of nitrogen functional groups attached to an aromatic ring is 1. The van der Waals surface area contributed by atoms with Gasteiger partial charge in [-0.25, -0.2) is 14.6 Å². The van der Waals surface area contributed by atoms with Gasteiger partial charge in [0.2, 0.25) is 0 Å². The molecule has 2 atom stereocenters. The van der Waals surface area contributed by atoms with E-state index in [1.165, 1.54) is 29.2 Å². The number of azide groups is 1. The van der Waals surface area contributed by atoms with Gasteiger partial charge in [-0.15, -0.1) is 23.1 Å². The first-order valence-corrected chi connectivity index (χ1v) is 14.4. The minimum absolute atomic E-state index is 0.0962. The molecule has 41 heavy (non-hydrogen) atoms. The molecule has 1 fully saturated rings. The Balaban J connectivity index is 1.78. The second-order valence-corrected chi connectivity index (χ2v) is 11.1. The van der Waals surface area contributed by atoms with Crippen LogP contribution < -0.4 is 11.1 Å². The Morgan fingerprint density at radius 1 is 1.37 bits per heavy atom. The third-order valence-corrected chi connectivity index (χ3v) is 7.65. The van der Waals surface area contributed by atoms with Gasteiger partial charge in [0.05, 0.1) is 18.7 Å². The van der Waals surface area contributed by atoms with Gasteiger partial charge in [0.25, 0.3) is 11.8 Å². The van der Waals surface area contributed by atoms with Crippen molar-refractivity contribution >= 4 is 57.7 Å². The number of thioether (sulfide) groups is 1. The van der Waals surface area contributed by atoms with Crippen molar-refractivity contribution in [3.63, 3.8) is 0 Å². The van der Waals surface area contributed by atoms with E-state index in [1.54, 1.807) is 6.08 Å². The number of allylic oxidation sites excluding steroid dienone is 1. The lowest BCUT2D eigenvalue weighted by atomic mass is 10.0. The molecule has 1 saturated heterocycles. The van der Waals surface area contributed by atoms with E-state index in [2.05, 4.69) is 25.5 Å². The third-order valence-electron chi connectivity index (χ3n) is 5.63. The summed E-state index contributed by atoms with van der Waals surface area (Å²) in [6, 6.07) is -1.00. The molecule has 3 heterocycles. The molecule has 2 amide bonds. The molecule has 0 aliphatic carbocycles. The van der Waals surface area contributed by atoms with Crippen LogP contribution in [-0.2, 0) is 33.5 Å². The van der Waals surface area contributed by atoms with E-state index >= 15 is 0 Å². The number of hydrogen-bond acceptors (Lipinski definition) is 13. The summed E-state index contributed by atoms with van der Waals surface area (Å²) < 4.78 is 10.7. The van der Waals surface area contributed by atoms with E-state index in [0.29, 0.717) is 12.0 Å². The minimum Gasteiger partial charge on any atom is -0.462 e. The number of carbonyl (C=O) groups is 4. The number of nitrogens with one attached hydrogen (secondary N) is 1. The molecule has 2 unspecified atom stereocenters. The zero-order valence-electron chi connectivity index (χ0n) is 22.9. The van der Waals surface area contributed by atoms with Crippen LogP contribution in [0.15, 0.2) is 38.6 Å². The van der Waals surface area contributed by atoms with Crippen LogP contribution in [0.25, 0.3) is 10.4 Å². The molecule has 0 saturated carbocycles. The molecule has 2 aliphatic rings. The number of hydrogen-bond donors (Lipinski definition) is 2. The maximum Gasteiger partial charge on any atom is 0.355 e. The number of anilines is 1. The van der Waals surface area contributed by atoms with Crippen LogP contribution in [0.4, 0.5) is 5.13 Å². The van der Waals surface area contributed by atoms with E-state index in [0.717, 1.165) is 11.3 Å². The number of aromatic nitrogens is 1. The Morgan fingerprint density at radius 3 is 2.73 bits per heavy atom. The van der Waals surface area contributed by atoms with Crippen LogP contribution in [-0.4, -0.2) is 83.4 Å². The zero-order valence-corrected chi connectivity index (χ0v) is 24.5. The third kappa shape index (κ3) is 7.56. The molecule has 2 aliphatic heterocycles. The molecule has 0 aromatic carbocycles. The summed E-state index contributed by atoms with van der Waals surface area (Å²) in [7, 11) is 1.26. The first-order valence-electron chi connectivity index (χ1n) is 12.5. The van der Waals surface area contributed by atoms with Crippen LogP contribution in [0.3, 0.4) is 0 Å². The number of nitrogens with two attached hydrogens (primary N) is 1. The van der Waals surface area contributed by atoms with Crippen LogP contribution in [0, 0.1) is 5.92 Å². The lowest BCUT2D eigenvalue weighted by molar-refractivity contribution is -0.152. The van der Waals surface area contributed by atoms with Gasteiger partial charge in [0.1, 0.15) is 36.5 Å². The summed E-state index contributed by atoms with van der Waals surface area (Å²) in [4.78, 5) is 64.7. The van der Waals surface area contributed by atoms with Crippen LogP contribution in [0.1, 0.15) is 32.9 Å². The quantitative estimate of drug-likeness (QED) is 0.0488. The fourth-order valence-corrected chi connectivity index (χ4v) is 5.69. The average Bonchev–Trinajstić information content (AvgIpc) is 3.38. The van der Waals surface area contributed by atoms with Gasteiger partial charge in [0.15, 0.2) is 10.8 Å².